The highest BCUT2D eigenvalue weighted by Crippen LogP contribution is 2.34. The largest absolute Gasteiger partial charge is 0.481 e. The number of carboxylic acid groups (broad SMARTS) is 1. The van der Waals surface area contributed by atoms with Crippen molar-refractivity contribution in [1.82, 2.24) is 0 Å². The van der Waals surface area contributed by atoms with Gasteiger partial charge in [0.1, 0.15) is 0 Å². The van der Waals surface area contributed by atoms with Crippen molar-refractivity contribution in [1.29, 1.82) is 0 Å². The maximum Gasteiger partial charge on any atom is 0.308 e. The predicted octanol–water partition coefficient (Wildman–Crippen LogP) is 4.28. The SMILES string of the molecule is CC(Nc1c(Cl)cc(Br)cc1Cl)C(C)C(=O)O. The molecule has 1 aromatic rings. The quantitative estimate of drug-likeness (QED) is 0.860. The van der Waals surface area contributed by atoms with Crippen molar-refractivity contribution >= 4 is 50.8 Å². The number of anilines is 1. The molecule has 0 saturated heterocycles. The lowest BCUT2D eigenvalue weighted by molar-refractivity contribution is -0.141. The van der Waals surface area contributed by atoms with Gasteiger partial charge in [0.15, 0.2) is 0 Å². The van der Waals surface area contributed by atoms with Gasteiger partial charge in [0.2, 0.25) is 0 Å². The van der Waals surface area contributed by atoms with Crippen LogP contribution in [-0.2, 0) is 4.79 Å². The van der Waals surface area contributed by atoms with Gasteiger partial charge < -0.3 is 10.4 Å². The lowest BCUT2D eigenvalue weighted by atomic mass is 10.0. The van der Waals surface area contributed by atoms with E-state index in [4.69, 9.17) is 28.3 Å². The Hall–Kier alpha value is -0.450. The highest BCUT2D eigenvalue weighted by molar-refractivity contribution is 9.10. The van der Waals surface area contributed by atoms with E-state index in [2.05, 4.69) is 21.2 Å². The van der Waals surface area contributed by atoms with Crippen LogP contribution < -0.4 is 5.32 Å². The van der Waals surface area contributed by atoms with E-state index in [1.807, 2.05) is 0 Å². The molecule has 0 aromatic heterocycles. The van der Waals surface area contributed by atoms with Crippen molar-refractivity contribution in [2.45, 2.75) is 19.9 Å². The van der Waals surface area contributed by atoms with Crippen LogP contribution in [0.15, 0.2) is 16.6 Å². The Morgan fingerprint density at radius 1 is 1.35 bits per heavy atom. The van der Waals surface area contributed by atoms with Crippen molar-refractivity contribution in [3.05, 3.63) is 26.7 Å². The Morgan fingerprint density at radius 3 is 2.24 bits per heavy atom. The lowest BCUT2D eigenvalue weighted by Gasteiger charge is -2.20. The van der Waals surface area contributed by atoms with Crippen LogP contribution >= 0.6 is 39.1 Å². The normalized spacial score (nSPS) is 14.2. The van der Waals surface area contributed by atoms with Gasteiger partial charge in [0, 0.05) is 10.5 Å². The van der Waals surface area contributed by atoms with Gasteiger partial charge in [-0.1, -0.05) is 39.1 Å². The van der Waals surface area contributed by atoms with Crippen molar-refractivity contribution in [3.8, 4) is 0 Å². The minimum atomic E-state index is -0.866. The maximum atomic E-state index is 10.8. The van der Waals surface area contributed by atoms with Crippen LogP contribution in [0.3, 0.4) is 0 Å². The van der Waals surface area contributed by atoms with Crippen molar-refractivity contribution in [3.63, 3.8) is 0 Å². The fraction of sp³-hybridized carbons (Fsp3) is 0.364. The average Bonchev–Trinajstić information content (AvgIpc) is 2.21. The first-order valence-electron chi connectivity index (χ1n) is 4.96. The van der Waals surface area contributed by atoms with Gasteiger partial charge in [-0.05, 0) is 26.0 Å². The first-order chi connectivity index (χ1) is 7.82. The Morgan fingerprint density at radius 2 is 1.82 bits per heavy atom. The van der Waals surface area contributed by atoms with E-state index in [0.29, 0.717) is 15.7 Å². The van der Waals surface area contributed by atoms with Crippen molar-refractivity contribution in [2.75, 3.05) is 5.32 Å². The molecule has 1 rings (SSSR count). The molecule has 1 aromatic carbocycles. The zero-order valence-corrected chi connectivity index (χ0v) is 12.4. The molecule has 0 aliphatic heterocycles. The highest BCUT2D eigenvalue weighted by Gasteiger charge is 2.20. The number of hydrogen-bond acceptors (Lipinski definition) is 2. The summed E-state index contributed by atoms with van der Waals surface area (Å²) in [6.45, 7) is 3.40. The molecule has 3 nitrogen and oxygen atoms in total. The van der Waals surface area contributed by atoms with Crippen LogP contribution in [0, 0.1) is 5.92 Å². The van der Waals surface area contributed by atoms with Crippen LogP contribution in [0.2, 0.25) is 10.0 Å². The van der Waals surface area contributed by atoms with Gasteiger partial charge >= 0.3 is 5.97 Å². The average molecular weight is 341 g/mol. The zero-order valence-electron chi connectivity index (χ0n) is 9.30. The lowest BCUT2D eigenvalue weighted by Crippen LogP contribution is -2.29. The summed E-state index contributed by atoms with van der Waals surface area (Å²) in [7, 11) is 0. The van der Waals surface area contributed by atoms with E-state index >= 15 is 0 Å². The minimum absolute atomic E-state index is 0.274. The summed E-state index contributed by atoms with van der Waals surface area (Å²) in [6, 6.07) is 3.13. The number of hydrogen-bond donors (Lipinski definition) is 2. The number of halogens is 3. The number of benzene rings is 1. The second-order valence-electron chi connectivity index (χ2n) is 3.80. The summed E-state index contributed by atoms with van der Waals surface area (Å²) in [5.41, 5.74) is 0.553. The van der Waals surface area contributed by atoms with Crippen LogP contribution in [0.4, 0.5) is 5.69 Å². The molecular weight excluding hydrogens is 329 g/mol. The topological polar surface area (TPSA) is 49.3 Å². The van der Waals surface area contributed by atoms with Crippen LogP contribution in [0.1, 0.15) is 13.8 Å². The molecule has 0 fully saturated rings. The number of nitrogens with one attached hydrogen (secondary N) is 1. The Balaban J connectivity index is 2.92. The van der Waals surface area contributed by atoms with E-state index in [9.17, 15) is 4.79 Å². The third-order valence-corrected chi connectivity index (χ3v) is 3.57. The smallest absolute Gasteiger partial charge is 0.308 e. The number of rotatable bonds is 4. The molecule has 6 heteroatoms. The molecule has 0 spiro atoms. The van der Waals surface area contributed by atoms with E-state index in [-0.39, 0.29) is 6.04 Å². The van der Waals surface area contributed by atoms with Gasteiger partial charge in [0.25, 0.3) is 0 Å². The summed E-state index contributed by atoms with van der Waals surface area (Å²) in [4.78, 5) is 10.8. The van der Waals surface area contributed by atoms with Crippen molar-refractivity contribution < 1.29 is 9.90 Å². The van der Waals surface area contributed by atoms with Crippen LogP contribution in [0.5, 0.6) is 0 Å². The second kappa shape index (κ2) is 5.94. The summed E-state index contributed by atoms with van der Waals surface area (Å²) in [5.74, 6) is -1.40. The molecule has 17 heavy (non-hydrogen) atoms. The number of carboxylic acids is 1. The zero-order chi connectivity index (χ0) is 13.2. The first kappa shape index (κ1) is 14.6. The summed E-state index contributed by atoms with van der Waals surface area (Å²) in [5, 5.41) is 12.8. The fourth-order valence-corrected chi connectivity index (χ4v) is 2.56. The molecule has 0 amide bonds. The minimum Gasteiger partial charge on any atom is -0.481 e. The van der Waals surface area contributed by atoms with Gasteiger partial charge in [-0.25, -0.2) is 0 Å². The maximum absolute atomic E-state index is 10.8. The molecule has 0 saturated carbocycles. The van der Waals surface area contributed by atoms with Crippen molar-refractivity contribution in [2.24, 2.45) is 5.92 Å². The number of carbonyl (C=O) groups is 1. The third-order valence-electron chi connectivity index (χ3n) is 2.52. The molecule has 2 atom stereocenters. The third kappa shape index (κ3) is 3.76. The first-order valence-corrected chi connectivity index (χ1v) is 6.51. The molecular formula is C11H12BrCl2NO2. The monoisotopic (exact) mass is 339 g/mol. The molecule has 2 N–H and O–H groups in total. The summed E-state index contributed by atoms with van der Waals surface area (Å²) in [6.07, 6.45) is 0. The molecule has 0 radical (unpaired) electrons. The van der Waals surface area contributed by atoms with Gasteiger partial charge in [0.05, 0.1) is 21.7 Å². The van der Waals surface area contributed by atoms with Gasteiger partial charge in [-0.15, -0.1) is 0 Å². The fourth-order valence-electron chi connectivity index (χ4n) is 1.25. The highest BCUT2D eigenvalue weighted by atomic mass is 79.9. The standard InChI is InChI=1S/C11H12BrCl2NO2/c1-5(11(16)17)6(2)15-10-8(13)3-7(12)4-9(10)14/h3-6,15H,1-2H3,(H,16,17). The van der Waals surface area contributed by atoms with Crippen LogP contribution in [0.25, 0.3) is 0 Å². The molecule has 0 bridgehead atoms. The summed E-state index contributed by atoms with van der Waals surface area (Å²) >= 11 is 15.4. The molecule has 0 aliphatic rings. The molecule has 0 aliphatic carbocycles. The molecule has 2 unspecified atom stereocenters. The van der Waals surface area contributed by atoms with E-state index in [1.54, 1.807) is 26.0 Å². The summed E-state index contributed by atoms with van der Waals surface area (Å²) < 4.78 is 0.775. The second-order valence-corrected chi connectivity index (χ2v) is 5.53. The van der Waals surface area contributed by atoms with Gasteiger partial charge in [-0.2, -0.15) is 0 Å². The molecule has 94 valence electrons. The molecule has 0 heterocycles. The Labute approximate surface area is 118 Å². The van der Waals surface area contributed by atoms with E-state index < -0.39 is 11.9 Å². The van der Waals surface area contributed by atoms with E-state index in [1.165, 1.54) is 0 Å². The Bertz CT molecular complexity index is 416. The Kier molecular flexibility index (Phi) is 5.10. The van der Waals surface area contributed by atoms with E-state index in [0.717, 1.165) is 4.47 Å². The van der Waals surface area contributed by atoms with Gasteiger partial charge in [-0.3, -0.25) is 4.79 Å². The predicted molar refractivity (Wildman–Crippen MR) is 74.0 cm³/mol. The number of aliphatic carboxylic acids is 1. The van der Waals surface area contributed by atoms with Crippen LogP contribution in [-0.4, -0.2) is 17.1 Å².